The fraction of sp³-hybridized carbons (Fsp3) is 0.391. The molecule has 9 nitrogen and oxygen atoms in total. The van der Waals surface area contributed by atoms with Crippen molar-refractivity contribution in [3.05, 3.63) is 53.6 Å². The summed E-state index contributed by atoms with van der Waals surface area (Å²) in [4.78, 5) is 29.6. The van der Waals surface area contributed by atoms with Crippen molar-refractivity contribution in [1.82, 2.24) is 10.2 Å². The summed E-state index contributed by atoms with van der Waals surface area (Å²) in [6.45, 7) is 1.36. The number of piperidine rings is 1. The highest BCUT2D eigenvalue weighted by Gasteiger charge is 2.30. The van der Waals surface area contributed by atoms with Gasteiger partial charge in [0, 0.05) is 49.4 Å². The van der Waals surface area contributed by atoms with Gasteiger partial charge in [-0.15, -0.1) is 0 Å². The van der Waals surface area contributed by atoms with Gasteiger partial charge in [-0.05, 0) is 67.3 Å². The zero-order valence-electron chi connectivity index (χ0n) is 19.0. The van der Waals surface area contributed by atoms with Crippen LogP contribution in [0, 0.1) is 0 Å². The molecule has 2 aliphatic heterocycles. The van der Waals surface area contributed by atoms with Crippen LogP contribution in [0.5, 0.6) is 0 Å². The molecule has 0 spiro atoms. The molecule has 0 saturated carbocycles. The van der Waals surface area contributed by atoms with Crippen LogP contribution in [0.25, 0.3) is 0 Å². The van der Waals surface area contributed by atoms with Crippen LogP contribution in [0.3, 0.4) is 0 Å². The second kappa shape index (κ2) is 9.03. The number of benzene rings is 2. The molecule has 0 aliphatic carbocycles. The summed E-state index contributed by atoms with van der Waals surface area (Å²) in [6.07, 6.45) is 4.31. The molecule has 182 valence electrons. The van der Waals surface area contributed by atoms with Crippen molar-refractivity contribution in [2.24, 2.45) is 0 Å². The minimum absolute atomic E-state index is 0.155. The average molecular weight is 506 g/mol. The molecular weight excluding hydrogens is 478 g/mol. The van der Waals surface area contributed by atoms with Crippen molar-refractivity contribution in [2.75, 3.05) is 37.0 Å². The standard InChI is InChI=1S/C23H27N3O6S2/c1-33(29,30)19-7-5-16(6-8-19)22(27)25-12-3-4-18(15-25)24-23(28)26-13-11-17-14-20(34(2,31)32)9-10-21(17)26/h5-10,14,18H,3-4,11-13,15H2,1-2H3,(H,24,28). The molecule has 0 bridgehead atoms. The van der Waals surface area contributed by atoms with Crippen LogP contribution in [0.15, 0.2) is 52.3 Å². The van der Waals surface area contributed by atoms with E-state index in [0.29, 0.717) is 37.3 Å². The second-order valence-corrected chi connectivity index (χ2v) is 12.8. The van der Waals surface area contributed by atoms with E-state index in [1.165, 1.54) is 30.3 Å². The van der Waals surface area contributed by atoms with Crippen LogP contribution >= 0.6 is 0 Å². The molecule has 34 heavy (non-hydrogen) atoms. The molecular formula is C23H27N3O6S2. The molecule has 0 aromatic heterocycles. The highest BCUT2D eigenvalue weighted by Crippen LogP contribution is 2.30. The van der Waals surface area contributed by atoms with Crippen LogP contribution in [0.2, 0.25) is 0 Å². The minimum Gasteiger partial charge on any atom is -0.337 e. The highest BCUT2D eigenvalue weighted by molar-refractivity contribution is 7.91. The summed E-state index contributed by atoms with van der Waals surface area (Å²) in [5, 5.41) is 3.01. The van der Waals surface area contributed by atoms with Gasteiger partial charge in [0.1, 0.15) is 0 Å². The monoisotopic (exact) mass is 505 g/mol. The number of nitrogens with zero attached hydrogens (tertiary/aromatic N) is 2. The van der Waals surface area contributed by atoms with Gasteiger partial charge in [-0.3, -0.25) is 9.69 Å². The summed E-state index contributed by atoms with van der Waals surface area (Å²) in [5.41, 5.74) is 1.91. The third kappa shape index (κ3) is 5.10. The first-order valence-corrected chi connectivity index (χ1v) is 14.7. The van der Waals surface area contributed by atoms with Crippen LogP contribution in [0.4, 0.5) is 10.5 Å². The molecule has 1 unspecified atom stereocenters. The van der Waals surface area contributed by atoms with Gasteiger partial charge in [0.15, 0.2) is 19.7 Å². The average Bonchev–Trinajstić information content (AvgIpc) is 3.21. The van der Waals surface area contributed by atoms with Gasteiger partial charge in [0.05, 0.1) is 9.79 Å². The number of carbonyl (C=O) groups is 2. The van der Waals surface area contributed by atoms with Gasteiger partial charge in [-0.2, -0.15) is 0 Å². The second-order valence-electron chi connectivity index (χ2n) is 8.80. The Hall–Kier alpha value is -2.92. The summed E-state index contributed by atoms with van der Waals surface area (Å²) in [7, 11) is -6.66. The lowest BCUT2D eigenvalue weighted by Gasteiger charge is -2.34. The van der Waals surface area contributed by atoms with E-state index in [4.69, 9.17) is 0 Å². The van der Waals surface area contributed by atoms with Crippen molar-refractivity contribution in [1.29, 1.82) is 0 Å². The molecule has 0 radical (unpaired) electrons. The lowest BCUT2D eigenvalue weighted by Crippen LogP contribution is -2.52. The number of hydrogen-bond acceptors (Lipinski definition) is 6. The van der Waals surface area contributed by atoms with Crippen molar-refractivity contribution in [3.63, 3.8) is 0 Å². The molecule has 2 aromatic rings. The number of likely N-dealkylation sites (tertiary alicyclic amines) is 1. The Morgan fingerprint density at radius 3 is 2.21 bits per heavy atom. The Morgan fingerprint density at radius 1 is 0.912 bits per heavy atom. The number of fused-ring (bicyclic) bond motifs is 1. The van der Waals surface area contributed by atoms with E-state index in [2.05, 4.69) is 5.32 Å². The van der Waals surface area contributed by atoms with Crippen LogP contribution in [-0.4, -0.2) is 71.9 Å². The van der Waals surface area contributed by atoms with Gasteiger partial charge < -0.3 is 10.2 Å². The van der Waals surface area contributed by atoms with Crippen molar-refractivity contribution in [2.45, 2.75) is 35.1 Å². The quantitative estimate of drug-likeness (QED) is 0.677. The topological polar surface area (TPSA) is 121 Å². The Bertz CT molecular complexity index is 1340. The zero-order chi connectivity index (χ0) is 24.7. The van der Waals surface area contributed by atoms with Crippen molar-refractivity contribution < 1.29 is 26.4 Å². The number of amides is 3. The van der Waals surface area contributed by atoms with E-state index >= 15 is 0 Å². The predicted molar refractivity (Wildman–Crippen MR) is 128 cm³/mol. The van der Waals surface area contributed by atoms with E-state index < -0.39 is 19.7 Å². The molecule has 1 fully saturated rings. The zero-order valence-corrected chi connectivity index (χ0v) is 20.7. The molecule has 1 N–H and O–H groups in total. The van der Waals surface area contributed by atoms with Gasteiger partial charge in [-0.25, -0.2) is 21.6 Å². The molecule has 1 saturated heterocycles. The normalized spacial score (nSPS) is 18.5. The Kier molecular flexibility index (Phi) is 6.43. The van der Waals surface area contributed by atoms with Gasteiger partial charge in [-0.1, -0.05) is 0 Å². The lowest BCUT2D eigenvalue weighted by molar-refractivity contribution is 0.0698. The number of urea groups is 1. The van der Waals surface area contributed by atoms with Crippen molar-refractivity contribution in [3.8, 4) is 0 Å². The van der Waals surface area contributed by atoms with Gasteiger partial charge >= 0.3 is 6.03 Å². The fourth-order valence-electron chi connectivity index (χ4n) is 4.38. The number of nitrogens with one attached hydrogen (secondary N) is 1. The van der Waals surface area contributed by atoms with E-state index in [1.54, 1.807) is 21.9 Å². The first-order chi connectivity index (χ1) is 15.9. The van der Waals surface area contributed by atoms with Crippen LogP contribution < -0.4 is 10.2 Å². The van der Waals surface area contributed by atoms with Crippen molar-refractivity contribution >= 4 is 37.3 Å². The Balaban J connectivity index is 1.41. The molecule has 1 atom stereocenters. The SMILES string of the molecule is CS(=O)(=O)c1ccc(C(=O)N2CCCC(NC(=O)N3CCc4cc(S(C)(=O)=O)ccc43)C2)cc1. The number of sulfone groups is 2. The summed E-state index contributed by atoms with van der Waals surface area (Å²) >= 11 is 0. The minimum atomic E-state index is -3.34. The highest BCUT2D eigenvalue weighted by atomic mass is 32.2. The molecule has 3 amide bonds. The largest absolute Gasteiger partial charge is 0.337 e. The maximum absolute atomic E-state index is 13.0. The van der Waals surface area contributed by atoms with Gasteiger partial charge in [0.25, 0.3) is 5.91 Å². The molecule has 4 rings (SSSR count). The lowest BCUT2D eigenvalue weighted by atomic mass is 10.0. The molecule has 11 heteroatoms. The summed E-state index contributed by atoms with van der Waals surface area (Å²) in [5.74, 6) is -0.209. The Morgan fingerprint density at radius 2 is 1.56 bits per heavy atom. The number of rotatable bonds is 4. The smallest absolute Gasteiger partial charge is 0.322 e. The maximum atomic E-state index is 13.0. The maximum Gasteiger partial charge on any atom is 0.322 e. The first kappa shape index (κ1) is 24.2. The number of hydrogen-bond donors (Lipinski definition) is 1. The molecule has 2 aromatic carbocycles. The van der Waals surface area contributed by atoms with Gasteiger partial charge in [0.2, 0.25) is 0 Å². The fourth-order valence-corrected chi connectivity index (χ4v) is 5.68. The molecule has 2 heterocycles. The van der Waals surface area contributed by atoms with E-state index in [9.17, 15) is 26.4 Å². The van der Waals surface area contributed by atoms with Crippen LogP contribution in [-0.2, 0) is 26.1 Å². The predicted octanol–water partition coefficient (Wildman–Crippen LogP) is 1.87. The number of carbonyl (C=O) groups excluding carboxylic acids is 2. The van der Waals surface area contributed by atoms with Crippen LogP contribution in [0.1, 0.15) is 28.8 Å². The third-order valence-electron chi connectivity index (χ3n) is 6.19. The van der Waals surface area contributed by atoms with E-state index in [0.717, 1.165) is 30.9 Å². The summed E-state index contributed by atoms with van der Waals surface area (Å²) in [6, 6.07) is 10.2. The summed E-state index contributed by atoms with van der Waals surface area (Å²) < 4.78 is 46.9. The third-order valence-corrected chi connectivity index (χ3v) is 8.42. The van der Waals surface area contributed by atoms with E-state index in [-0.39, 0.29) is 27.8 Å². The molecule has 2 aliphatic rings. The number of anilines is 1. The Labute approximate surface area is 199 Å². The first-order valence-electron chi connectivity index (χ1n) is 10.9. The van der Waals surface area contributed by atoms with E-state index in [1.807, 2.05) is 0 Å².